The van der Waals surface area contributed by atoms with E-state index in [0.29, 0.717) is 5.15 Å². The zero-order valence-corrected chi connectivity index (χ0v) is 18.4. The van der Waals surface area contributed by atoms with Gasteiger partial charge in [0.25, 0.3) is 0 Å². The van der Waals surface area contributed by atoms with Crippen molar-refractivity contribution in [1.29, 1.82) is 0 Å². The van der Waals surface area contributed by atoms with Gasteiger partial charge in [0.05, 0.1) is 0 Å². The smallest absolute Gasteiger partial charge is 0.190 e. The van der Waals surface area contributed by atoms with Gasteiger partial charge in [-0.2, -0.15) is 0 Å². The zero-order valence-electron chi connectivity index (χ0n) is 15.3. The highest BCUT2D eigenvalue weighted by Gasteiger charge is 2.18. The lowest BCUT2D eigenvalue weighted by Crippen LogP contribution is -2.43. The van der Waals surface area contributed by atoms with Crippen molar-refractivity contribution in [1.82, 2.24) is 20.5 Å². The van der Waals surface area contributed by atoms with Crippen LogP contribution in [-0.2, 0) is 6.42 Å². The lowest BCUT2D eigenvalue weighted by Gasteiger charge is -2.32. The zero-order chi connectivity index (χ0) is 17.2. The van der Waals surface area contributed by atoms with Gasteiger partial charge in [-0.3, -0.25) is 4.99 Å². The lowest BCUT2D eigenvalue weighted by molar-refractivity contribution is 0.185. The monoisotopic (exact) mass is 479 g/mol. The summed E-state index contributed by atoms with van der Waals surface area (Å²) in [6.07, 6.45) is 6.54. The van der Waals surface area contributed by atoms with Gasteiger partial charge >= 0.3 is 0 Å². The van der Waals surface area contributed by atoms with E-state index < -0.39 is 0 Å². The molecule has 1 aliphatic heterocycles. The number of likely N-dealkylation sites (tertiary alicyclic amines) is 1. The molecule has 0 amide bonds. The van der Waals surface area contributed by atoms with E-state index in [4.69, 9.17) is 11.6 Å². The first-order valence-electron chi connectivity index (χ1n) is 8.98. The standard InChI is InChI=1S/C18H30ClN5.HI/c1-3-10-24-11-7-16(8-12-24)14-23-18(20-2)21-9-6-15-4-5-17(19)22-13-15;/h4-5,13,16H,3,6-12,14H2,1-2H3,(H2,20,21,23);1H. The van der Waals surface area contributed by atoms with Crippen LogP contribution in [0, 0.1) is 5.92 Å². The van der Waals surface area contributed by atoms with E-state index in [-0.39, 0.29) is 24.0 Å². The number of hydrogen-bond donors (Lipinski definition) is 2. The Kier molecular flexibility index (Phi) is 11.4. The number of aliphatic imine (C=N–C) groups is 1. The molecule has 142 valence electrons. The number of hydrogen-bond acceptors (Lipinski definition) is 3. The molecule has 0 radical (unpaired) electrons. The van der Waals surface area contributed by atoms with Gasteiger partial charge in [-0.25, -0.2) is 4.98 Å². The molecule has 0 spiro atoms. The van der Waals surface area contributed by atoms with Crippen molar-refractivity contribution >= 4 is 41.5 Å². The molecule has 7 heteroatoms. The third-order valence-electron chi connectivity index (χ3n) is 4.52. The van der Waals surface area contributed by atoms with Crippen LogP contribution >= 0.6 is 35.6 Å². The number of nitrogens with zero attached hydrogens (tertiary/aromatic N) is 3. The summed E-state index contributed by atoms with van der Waals surface area (Å²) in [5, 5.41) is 7.37. The molecular formula is C18H31ClIN5. The number of nitrogens with one attached hydrogen (secondary N) is 2. The molecule has 0 aromatic carbocycles. The van der Waals surface area contributed by atoms with Crippen molar-refractivity contribution in [3.05, 3.63) is 29.0 Å². The number of halogens is 2. The molecule has 25 heavy (non-hydrogen) atoms. The molecule has 1 saturated heterocycles. The topological polar surface area (TPSA) is 52.5 Å². The van der Waals surface area contributed by atoms with Gasteiger partial charge in [-0.1, -0.05) is 24.6 Å². The van der Waals surface area contributed by atoms with Gasteiger partial charge < -0.3 is 15.5 Å². The van der Waals surface area contributed by atoms with Crippen molar-refractivity contribution in [3.8, 4) is 0 Å². The fourth-order valence-corrected chi connectivity index (χ4v) is 3.18. The normalized spacial score (nSPS) is 16.4. The molecule has 1 aromatic heterocycles. The van der Waals surface area contributed by atoms with Gasteiger partial charge in [-0.05, 0) is 62.9 Å². The first-order chi connectivity index (χ1) is 11.7. The van der Waals surface area contributed by atoms with Crippen LogP contribution in [0.2, 0.25) is 5.15 Å². The molecule has 2 rings (SSSR count). The molecule has 0 unspecified atom stereocenters. The van der Waals surface area contributed by atoms with Crippen LogP contribution in [0.1, 0.15) is 31.7 Å². The minimum Gasteiger partial charge on any atom is -0.356 e. The van der Waals surface area contributed by atoms with Gasteiger partial charge in [0, 0.05) is 26.3 Å². The summed E-state index contributed by atoms with van der Waals surface area (Å²) >= 11 is 5.80. The number of aromatic nitrogens is 1. The molecule has 0 saturated carbocycles. The molecular weight excluding hydrogens is 449 g/mol. The Bertz CT molecular complexity index is 501. The van der Waals surface area contributed by atoms with E-state index >= 15 is 0 Å². The van der Waals surface area contributed by atoms with Crippen molar-refractivity contribution in [3.63, 3.8) is 0 Å². The van der Waals surface area contributed by atoms with Crippen LogP contribution in [0.3, 0.4) is 0 Å². The van der Waals surface area contributed by atoms with Crippen LogP contribution in [0.4, 0.5) is 0 Å². The van der Waals surface area contributed by atoms with Crippen LogP contribution in [0.25, 0.3) is 0 Å². The van der Waals surface area contributed by atoms with Gasteiger partial charge in [-0.15, -0.1) is 24.0 Å². The van der Waals surface area contributed by atoms with E-state index in [1.807, 2.05) is 25.4 Å². The van der Waals surface area contributed by atoms with Gasteiger partial charge in [0.1, 0.15) is 5.15 Å². The Morgan fingerprint density at radius 1 is 1.32 bits per heavy atom. The molecule has 5 nitrogen and oxygen atoms in total. The molecule has 2 heterocycles. The van der Waals surface area contributed by atoms with E-state index in [0.717, 1.165) is 31.4 Å². The summed E-state index contributed by atoms with van der Waals surface area (Å²) in [5.41, 5.74) is 1.17. The van der Waals surface area contributed by atoms with Gasteiger partial charge in [0.15, 0.2) is 5.96 Å². The Labute approximate surface area is 174 Å². The van der Waals surface area contributed by atoms with E-state index in [2.05, 4.69) is 32.4 Å². The predicted molar refractivity (Wildman–Crippen MR) is 117 cm³/mol. The van der Waals surface area contributed by atoms with Crippen molar-refractivity contribution in [2.75, 3.05) is 39.8 Å². The molecule has 0 aliphatic carbocycles. The second-order valence-electron chi connectivity index (χ2n) is 6.40. The highest BCUT2D eigenvalue weighted by atomic mass is 127. The molecule has 0 bridgehead atoms. The number of pyridine rings is 1. The maximum Gasteiger partial charge on any atom is 0.190 e. The summed E-state index contributed by atoms with van der Waals surface area (Å²) in [5.74, 6) is 1.63. The minimum absolute atomic E-state index is 0. The summed E-state index contributed by atoms with van der Waals surface area (Å²) in [4.78, 5) is 11.0. The molecule has 2 N–H and O–H groups in total. The number of piperidine rings is 1. The predicted octanol–water partition coefficient (Wildman–Crippen LogP) is 3.18. The van der Waals surface area contributed by atoms with Crippen LogP contribution in [0.15, 0.2) is 23.3 Å². The van der Waals surface area contributed by atoms with Crippen LogP contribution in [0.5, 0.6) is 0 Å². The summed E-state index contributed by atoms with van der Waals surface area (Å²) in [6.45, 7) is 7.79. The third-order valence-corrected chi connectivity index (χ3v) is 4.75. The third kappa shape index (κ3) is 8.55. The maximum atomic E-state index is 5.80. The Morgan fingerprint density at radius 2 is 2.08 bits per heavy atom. The van der Waals surface area contributed by atoms with E-state index in [1.165, 1.54) is 44.5 Å². The second kappa shape index (κ2) is 12.7. The highest BCUT2D eigenvalue weighted by molar-refractivity contribution is 14.0. The molecule has 1 fully saturated rings. The summed E-state index contributed by atoms with van der Waals surface area (Å²) in [6, 6.07) is 3.84. The number of rotatable bonds is 7. The van der Waals surface area contributed by atoms with Crippen LogP contribution in [-0.4, -0.2) is 55.6 Å². The van der Waals surface area contributed by atoms with Crippen molar-refractivity contribution in [2.24, 2.45) is 10.9 Å². The average Bonchev–Trinajstić information content (AvgIpc) is 2.61. The highest BCUT2D eigenvalue weighted by Crippen LogP contribution is 2.16. The second-order valence-corrected chi connectivity index (χ2v) is 6.79. The Balaban J connectivity index is 0.00000312. The average molecular weight is 480 g/mol. The number of guanidine groups is 1. The largest absolute Gasteiger partial charge is 0.356 e. The summed E-state index contributed by atoms with van der Waals surface area (Å²) in [7, 11) is 1.82. The first-order valence-corrected chi connectivity index (χ1v) is 9.36. The van der Waals surface area contributed by atoms with Crippen LogP contribution < -0.4 is 10.6 Å². The molecule has 1 aromatic rings. The van der Waals surface area contributed by atoms with Gasteiger partial charge in [0.2, 0.25) is 0 Å². The quantitative estimate of drug-likeness (QED) is 0.273. The maximum absolute atomic E-state index is 5.80. The summed E-state index contributed by atoms with van der Waals surface area (Å²) < 4.78 is 0. The minimum atomic E-state index is 0. The van der Waals surface area contributed by atoms with E-state index in [9.17, 15) is 0 Å². The SMILES string of the molecule is CCCN1CCC(CNC(=NC)NCCc2ccc(Cl)nc2)CC1.I. The fraction of sp³-hybridized carbons (Fsp3) is 0.667. The molecule has 1 aliphatic rings. The molecule has 0 atom stereocenters. The Hall–Kier alpha value is -0.600. The lowest BCUT2D eigenvalue weighted by atomic mass is 9.97. The first kappa shape index (κ1) is 22.4. The van der Waals surface area contributed by atoms with E-state index in [1.54, 1.807) is 0 Å². The van der Waals surface area contributed by atoms with Crippen molar-refractivity contribution < 1.29 is 0 Å². The Morgan fingerprint density at radius 3 is 2.68 bits per heavy atom. The van der Waals surface area contributed by atoms with Crippen molar-refractivity contribution in [2.45, 2.75) is 32.6 Å². The fourth-order valence-electron chi connectivity index (χ4n) is 3.07.